The fourth-order valence-corrected chi connectivity index (χ4v) is 5.51. The van der Waals surface area contributed by atoms with Gasteiger partial charge in [-0.25, -0.2) is 8.78 Å². The Morgan fingerprint density at radius 1 is 0.805 bits per heavy atom. The minimum atomic E-state index is -0.435. The third-order valence-corrected chi connectivity index (χ3v) is 7.61. The number of carbonyl (C=O) groups excluding carboxylic acids is 2. The van der Waals surface area contributed by atoms with Crippen molar-refractivity contribution in [2.75, 3.05) is 50.7 Å². The minimum absolute atomic E-state index is 0.0656. The number of anilines is 1. The quantitative estimate of drug-likeness (QED) is 0.273. The zero-order chi connectivity index (χ0) is 29.2. The SMILES string of the molecule is CC(=O)OC(CN1CCN(CCCC(c2ccc(F)cc2)c2ccc(F)cc2)CC1)CN(C(C)=O)c1ccccc1. The summed E-state index contributed by atoms with van der Waals surface area (Å²) in [4.78, 5) is 30.6. The molecule has 3 aromatic rings. The van der Waals surface area contributed by atoms with Gasteiger partial charge in [-0.3, -0.25) is 14.5 Å². The number of ether oxygens (including phenoxy) is 1. The number of nitrogens with zero attached hydrogens (tertiary/aromatic N) is 3. The summed E-state index contributed by atoms with van der Waals surface area (Å²) in [7, 11) is 0. The van der Waals surface area contributed by atoms with Crippen molar-refractivity contribution in [1.29, 1.82) is 0 Å². The van der Waals surface area contributed by atoms with Crippen molar-refractivity contribution in [3.63, 3.8) is 0 Å². The molecule has 1 unspecified atom stereocenters. The Balaban J connectivity index is 1.30. The van der Waals surface area contributed by atoms with Crippen LogP contribution in [0.15, 0.2) is 78.9 Å². The van der Waals surface area contributed by atoms with Crippen molar-refractivity contribution in [2.24, 2.45) is 0 Å². The average Bonchev–Trinajstić information content (AvgIpc) is 2.96. The molecular formula is C33H39F2N3O3. The number of halogens is 2. The molecule has 1 aliphatic heterocycles. The van der Waals surface area contributed by atoms with Crippen molar-refractivity contribution in [1.82, 2.24) is 9.80 Å². The van der Waals surface area contributed by atoms with Crippen LogP contribution in [0.3, 0.4) is 0 Å². The third-order valence-electron chi connectivity index (χ3n) is 7.61. The number of piperazine rings is 1. The lowest BCUT2D eigenvalue weighted by atomic mass is 9.87. The molecule has 8 heteroatoms. The van der Waals surface area contributed by atoms with Crippen LogP contribution in [0, 0.1) is 11.6 Å². The molecule has 0 bridgehead atoms. The molecule has 0 aromatic heterocycles. The Labute approximate surface area is 241 Å². The number of hydrogen-bond donors (Lipinski definition) is 0. The number of amides is 1. The molecule has 6 nitrogen and oxygen atoms in total. The van der Waals surface area contributed by atoms with Gasteiger partial charge in [-0.15, -0.1) is 0 Å². The summed E-state index contributed by atoms with van der Waals surface area (Å²) >= 11 is 0. The molecule has 3 aromatic carbocycles. The second-order valence-electron chi connectivity index (χ2n) is 10.6. The van der Waals surface area contributed by atoms with Crippen molar-refractivity contribution in [3.8, 4) is 0 Å². The molecular weight excluding hydrogens is 524 g/mol. The van der Waals surface area contributed by atoms with E-state index in [2.05, 4.69) is 9.80 Å². The van der Waals surface area contributed by atoms with Crippen LogP contribution in [-0.4, -0.2) is 73.6 Å². The van der Waals surface area contributed by atoms with Gasteiger partial charge in [0.2, 0.25) is 5.91 Å². The van der Waals surface area contributed by atoms with Gasteiger partial charge in [0.05, 0.1) is 6.54 Å². The number of rotatable bonds is 12. The smallest absolute Gasteiger partial charge is 0.303 e. The van der Waals surface area contributed by atoms with E-state index in [-0.39, 0.29) is 29.4 Å². The Hall–Kier alpha value is -3.62. The molecule has 1 fully saturated rings. The fourth-order valence-electron chi connectivity index (χ4n) is 5.51. The van der Waals surface area contributed by atoms with E-state index in [4.69, 9.17) is 4.74 Å². The third kappa shape index (κ3) is 9.20. The molecule has 0 radical (unpaired) electrons. The summed E-state index contributed by atoms with van der Waals surface area (Å²) < 4.78 is 32.7. The zero-order valence-corrected chi connectivity index (χ0v) is 23.8. The topological polar surface area (TPSA) is 53.1 Å². The van der Waals surface area contributed by atoms with E-state index >= 15 is 0 Å². The molecule has 1 atom stereocenters. The van der Waals surface area contributed by atoms with Crippen LogP contribution in [-0.2, 0) is 14.3 Å². The molecule has 1 aliphatic rings. The van der Waals surface area contributed by atoms with Crippen LogP contribution in [0.1, 0.15) is 43.7 Å². The zero-order valence-electron chi connectivity index (χ0n) is 23.8. The number of para-hydroxylation sites is 1. The van der Waals surface area contributed by atoms with Crippen LogP contribution in [0.25, 0.3) is 0 Å². The molecule has 0 spiro atoms. The van der Waals surface area contributed by atoms with Gasteiger partial charge in [0.1, 0.15) is 17.7 Å². The van der Waals surface area contributed by atoms with Gasteiger partial charge >= 0.3 is 5.97 Å². The number of benzene rings is 3. The Kier molecular flexibility index (Phi) is 11.0. The normalized spacial score (nSPS) is 15.0. The lowest BCUT2D eigenvalue weighted by Gasteiger charge is -2.37. The number of carbonyl (C=O) groups is 2. The number of hydrogen-bond acceptors (Lipinski definition) is 5. The van der Waals surface area contributed by atoms with Gasteiger partial charge in [0.15, 0.2) is 0 Å². The van der Waals surface area contributed by atoms with E-state index in [1.165, 1.54) is 38.1 Å². The maximum atomic E-state index is 13.5. The first-order valence-electron chi connectivity index (χ1n) is 14.2. The molecule has 41 heavy (non-hydrogen) atoms. The maximum Gasteiger partial charge on any atom is 0.303 e. The summed E-state index contributed by atoms with van der Waals surface area (Å²) in [6.07, 6.45) is 1.38. The van der Waals surface area contributed by atoms with Crippen LogP contribution < -0.4 is 4.90 Å². The summed E-state index contributed by atoms with van der Waals surface area (Å²) in [6.45, 7) is 8.15. The first-order valence-corrected chi connectivity index (χ1v) is 14.2. The molecule has 0 saturated carbocycles. The number of esters is 1. The van der Waals surface area contributed by atoms with Crippen LogP contribution >= 0.6 is 0 Å². The van der Waals surface area contributed by atoms with Gasteiger partial charge < -0.3 is 14.5 Å². The molecule has 218 valence electrons. The summed E-state index contributed by atoms with van der Waals surface area (Å²) in [6, 6.07) is 22.6. The second kappa shape index (κ2) is 14.8. The first-order chi connectivity index (χ1) is 19.8. The molecule has 4 rings (SSSR count). The molecule has 1 heterocycles. The van der Waals surface area contributed by atoms with E-state index < -0.39 is 6.10 Å². The van der Waals surface area contributed by atoms with E-state index in [0.29, 0.717) is 13.1 Å². The average molecular weight is 564 g/mol. The summed E-state index contributed by atoms with van der Waals surface area (Å²) in [5.74, 6) is -0.931. The van der Waals surface area contributed by atoms with E-state index in [0.717, 1.165) is 62.4 Å². The Morgan fingerprint density at radius 2 is 1.34 bits per heavy atom. The van der Waals surface area contributed by atoms with Crippen molar-refractivity contribution >= 4 is 17.6 Å². The molecule has 0 N–H and O–H groups in total. The highest BCUT2D eigenvalue weighted by Gasteiger charge is 2.25. The molecule has 1 amide bonds. The van der Waals surface area contributed by atoms with Gasteiger partial charge in [-0.2, -0.15) is 0 Å². The first kappa shape index (κ1) is 30.3. The molecule has 1 saturated heterocycles. The summed E-state index contributed by atoms with van der Waals surface area (Å²) in [5, 5.41) is 0. The highest BCUT2D eigenvalue weighted by molar-refractivity contribution is 5.91. The van der Waals surface area contributed by atoms with Gasteiger partial charge in [0, 0.05) is 58.2 Å². The van der Waals surface area contributed by atoms with Crippen LogP contribution in [0.2, 0.25) is 0 Å². The fraction of sp³-hybridized carbons (Fsp3) is 0.394. The van der Waals surface area contributed by atoms with E-state index in [9.17, 15) is 18.4 Å². The maximum absolute atomic E-state index is 13.5. The van der Waals surface area contributed by atoms with Gasteiger partial charge in [0.25, 0.3) is 0 Å². The Morgan fingerprint density at radius 3 is 1.85 bits per heavy atom. The van der Waals surface area contributed by atoms with Crippen LogP contribution in [0.5, 0.6) is 0 Å². The van der Waals surface area contributed by atoms with Crippen molar-refractivity contribution in [3.05, 3.63) is 102 Å². The predicted octanol–water partition coefficient (Wildman–Crippen LogP) is 5.48. The largest absolute Gasteiger partial charge is 0.459 e. The predicted molar refractivity (Wildman–Crippen MR) is 157 cm³/mol. The highest BCUT2D eigenvalue weighted by atomic mass is 19.1. The lowest BCUT2D eigenvalue weighted by molar-refractivity contribution is -0.147. The van der Waals surface area contributed by atoms with Crippen molar-refractivity contribution < 1.29 is 23.1 Å². The van der Waals surface area contributed by atoms with Crippen molar-refractivity contribution in [2.45, 2.75) is 38.7 Å². The second-order valence-corrected chi connectivity index (χ2v) is 10.6. The lowest BCUT2D eigenvalue weighted by Crippen LogP contribution is -2.51. The van der Waals surface area contributed by atoms with Crippen LogP contribution in [0.4, 0.5) is 14.5 Å². The van der Waals surface area contributed by atoms with E-state index in [1.54, 1.807) is 4.90 Å². The van der Waals surface area contributed by atoms with E-state index in [1.807, 2.05) is 54.6 Å². The highest BCUT2D eigenvalue weighted by Crippen LogP contribution is 2.30. The standard InChI is InChI=1S/C33H39F2N3O3/c1-25(39)38(31-7-4-3-5-8-31)24-32(41-26(2)40)23-37-21-19-36(20-22-37)18-6-9-33(27-10-14-29(34)15-11-27)28-12-16-30(35)17-13-28/h3-5,7-8,10-17,32-33H,6,9,18-24H2,1-2H3. The minimum Gasteiger partial charge on any atom is -0.459 e. The molecule has 0 aliphatic carbocycles. The monoisotopic (exact) mass is 563 g/mol. The van der Waals surface area contributed by atoms with Gasteiger partial charge in [-0.05, 0) is 66.9 Å². The van der Waals surface area contributed by atoms with Gasteiger partial charge in [-0.1, -0.05) is 42.5 Å². The Bertz CT molecular complexity index is 1200. The summed E-state index contributed by atoms with van der Waals surface area (Å²) in [5.41, 5.74) is 2.82.